The van der Waals surface area contributed by atoms with Crippen molar-refractivity contribution >= 4 is 16.6 Å². The van der Waals surface area contributed by atoms with Crippen LogP contribution in [0, 0.1) is 0 Å². The summed E-state index contributed by atoms with van der Waals surface area (Å²) in [5.41, 5.74) is 1.74. The van der Waals surface area contributed by atoms with E-state index in [2.05, 4.69) is 20.2 Å². The summed E-state index contributed by atoms with van der Waals surface area (Å²) in [6, 6.07) is 3.62. The molecule has 1 aliphatic rings. The number of hydrogen-bond acceptors (Lipinski definition) is 4. The Balaban J connectivity index is 2.16. The summed E-state index contributed by atoms with van der Waals surface area (Å²) in [7, 11) is 0. The van der Waals surface area contributed by atoms with Crippen molar-refractivity contribution in [2.24, 2.45) is 0 Å². The Hall–Kier alpha value is -1.88. The molecular weight excluding hydrogens is 216 g/mol. The van der Waals surface area contributed by atoms with Gasteiger partial charge in [-0.3, -0.25) is 9.78 Å². The van der Waals surface area contributed by atoms with Gasteiger partial charge in [-0.05, 0) is 6.07 Å². The van der Waals surface area contributed by atoms with Crippen LogP contribution in [0.3, 0.4) is 0 Å². The third-order valence-corrected chi connectivity index (χ3v) is 3.08. The van der Waals surface area contributed by atoms with Gasteiger partial charge in [0.1, 0.15) is 0 Å². The quantitative estimate of drug-likeness (QED) is 0.741. The second kappa shape index (κ2) is 4.18. The lowest BCUT2D eigenvalue weighted by molar-refractivity contribution is 0.590. The highest BCUT2D eigenvalue weighted by molar-refractivity contribution is 5.90. The molecule has 0 atom stereocenters. The highest BCUT2D eigenvalue weighted by Gasteiger charge is 2.13. The number of nitrogens with one attached hydrogen (secondary N) is 2. The van der Waals surface area contributed by atoms with Crippen LogP contribution in [0.5, 0.6) is 0 Å². The molecule has 17 heavy (non-hydrogen) atoms. The van der Waals surface area contributed by atoms with E-state index in [4.69, 9.17) is 0 Å². The van der Waals surface area contributed by atoms with E-state index < -0.39 is 0 Å². The lowest BCUT2D eigenvalue weighted by Crippen LogP contribution is -2.43. The maximum atomic E-state index is 11.6. The molecule has 2 aromatic rings. The van der Waals surface area contributed by atoms with Gasteiger partial charge in [-0.25, -0.2) is 0 Å². The van der Waals surface area contributed by atoms with Crippen molar-refractivity contribution in [3.8, 4) is 0 Å². The van der Waals surface area contributed by atoms with Crippen molar-refractivity contribution in [1.29, 1.82) is 0 Å². The summed E-state index contributed by atoms with van der Waals surface area (Å²) < 4.78 is 0. The maximum Gasteiger partial charge on any atom is 0.250 e. The summed E-state index contributed by atoms with van der Waals surface area (Å²) >= 11 is 0. The molecule has 1 aliphatic heterocycles. The van der Waals surface area contributed by atoms with Gasteiger partial charge in [0.05, 0.1) is 17.4 Å². The number of piperazine rings is 1. The Morgan fingerprint density at radius 1 is 1.29 bits per heavy atom. The zero-order chi connectivity index (χ0) is 11.7. The smallest absolute Gasteiger partial charge is 0.250 e. The van der Waals surface area contributed by atoms with Crippen molar-refractivity contribution in [3.05, 3.63) is 34.9 Å². The minimum atomic E-state index is -0.0703. The number of anilines is 1. The van der Waals surface area contributed by atoms with Gasteiger partial charge in [0, 0.05) is 43.8 Å². The number of aromatic nitrogens is 2. The monoisotopic (exact) mass is 230 g/mol. The standard InChI is InChI=1S/C12H14N4O/c17-12-7-11(16-5-3-13-4-6-16)9-1-2-14-8-10(9)15-12/h1-2,7-8,13H,3-6H2,(H,15,17). The van der Waals surface area contributed by atoms with Crippen molar-refractivity contribution in [1.82, 2.24) is 15.3 Å². The average Bonchev–Trinajstić information content (AvgIpc) is 2.39. The van der Waals surface area contributed by atoms with Gasteiger partial charge < -0.3 is 15.2 Å². The molecule has 5 heteroatoms. The van der Waals surface area contributed by atoms with Crippen molar-refractivity contribution in [3.63, 3.8) is 0 Å². The molecule has 1 fully saturated rings. The van der Waals surface area contributed by atoms with Gasteiger partial charge in [0.25, 0.3) is 5.56 Å². The molecule has 3 heterocycles. The maximum absolute atomic E-state index is 11.6. The van der Waals surface area contributed by atoms with E-state index in [9.17, 15) is 4.79 Å². The summed E-state index contributed by atoms with van der Waals surface area (Å²) in [5.74, 6) is 0. The fourth-order valence-corrected chi connectivity index (χ4v) is 2.26. The van der Waals surface area contributed by atoms with Crippen molar-refractivity contribution in [2.75, 3.05) is 31.1 Å². The van der Waals surface area contributed by atoms with E-state index in [1.807, 2.05) is 6.07 Å². The van der Waals surface area contributed by atoms with Gasteiger partial charge in [-0.15, -0.1) is 0 Å². The van der Waals surface area contributed by atoms with Crippen molar-refractivity contribution in [2.45, 2.75) is 0 Å². The van der Waals surface area contributed by atoms with Gasteiger partial charge in [-0.1, -0.05) is 0 Å². The Morgan fingerprint density at radius 3 is 2.94 bits per heavy atom. The number of hydrogen-bond donors (Lipinski definition) is 2. The largest absolute Gasteiger partial charge is 0.368 e. The van der Waals surface area contributed by atoms with E-state index >= 15 is 0 Å². The Morgan fingerprint density at radius 2 is 2.12 bits per heavy atom. The molecule has 1 saturated heterocycles. The lowest BCUT2D eigenvalue weighted by atomic mass is 10.2. The van der Waals surface area contributed by atoms with Gasteiger partial charge >= 0.3 is 0 Å². The molecule has 0 spiro atoms. The summed E-state index contributed by atoms with van der Waals surface area (Å²) in [6.45, 7) is 3.78. The molecule has 88 valence electrons. The molecule has 0 unspecified atom stereocenters. The fraction of sp³-hybridized carbons (Fsp3) is 0.333. The third-order valence-electron chi connectivity index (χ3n) is 3.08. The van der Waals surface area contributed by atoms with Crippen LogP contribution in [0.1, 0.15) is 0 Å². The second-order valence-corrected chi connectivity index (χ2v) is 4.18. The topological polar surface area (TPSA) is 61.0 Å². The Labute approximate surface area is 98.5 Å². The van der Waals surface area contributed by atoms with Crippen LogP contribution >= 0.6 is 0 Å². The molecule has 2 N–H and O–H groups in total. The van der Waals surface area contributed by atoms with Crippen LogP contribution < -0.4 is 15.8 Å². The highest BCUT2D eigenvalue weighted by Crippen LogP contribution is 2.22. The minimum Gasteiger partial charge on any atom is -0.368 e. The molecule has 0 aromatic carbocycles. The number of rotatable bonds is 1. The number of pyridine rings is 2. The molecule has 0 amide bonds. The number of fused-ring (bicyclic) bond motifs is 1. The highest BCUT2D eigenvalue weighted by atomic mass is 16.1. The number of H-pyrrole nitrogens is 1. The van der Waals surface area contributed by atoms with Crippen molar-refractivity contribution < 1.29 is 0 Å². The van der Waals surface area contributed by atoms with Gasteiger partial charge in [-0.2, -0.15) is 0 Å². The predicted molar refractivity (Wildman–Crippen MR) is 67.4 cm³/mol. The van der Waals surface area contributed by atoms with Crippen LogP contribution in [0.15, 0.2) is 29.3 Å². The normalized spacial score (nSPS) is 16.4. The first-order valence-corrected chi connectivity index (χ1v) is 5.77. The lowest BCUT2D eigenvalue weighted by Gasteiger charge is -2.30. The zero-order valence-electron chi connectivity index (χ0n) is 9.44. The van der Waals surface area contributed by atoms with Crippen LogP contribution in [-0.2, 0) is 0 Å². The van der Waals surface area contributed by atoms with Crippen LogP contribution in [0.4, 0.5) is 5.69 Å². The average molecular weight is 230 g/mol. The first kappa shape index (κ1) is 10.3. The molecule has 0 radical (unpaired) electrons. The summed E-state index contributed by atoms with van der Waals surface area (Å²) in [4.78, 5) is 20.7. The fourth-order valence-electron chi connectivity index (χ4n) is 2.26. The number of nitrogens with zero attached hydrogens (tertiary/aromatic N) is 2. The summed E-state index contributed by atoms with van der Waals surface area (Å²) in [6.07, 6.45) is 3.45. The minimum absolute atomic E-state index is 0.0703. The second-order valence-electron chi connectivity index (χ2n) is 4.18. The molecular formula is C12H14N4O. The van der Waals surface area contributed by atoms with Gasteiger partial charge in [0.2, 0.25) is 0 Å². The molecule has 3 rings (SSSR count). The van der Waals surface area contributed by atoms with E-state index in [0.29, 0.717) is 0 Å². The molecule has 5 nitrogen and oxygen atoms in total. The third kappa shape index (κ3) is 1.89. The van der Waals surface area contributed by atoms with E-state index in [1.165, 1.54) is 0 Å². The molecule has 2 aromatic heterocycles. The van der Waals surface area contributed by atoms with E-state index in [1.54, 1.807) is 18.5 Å². The summed E-state index contributed by atoms with van der Waals surface area (Å²) in [5, 5.41) is 4.36. The Bertz CT molecular complexity index is 586. The zero-order valence-corrected chi connectivity index (χ0v) is 9.44. The van der Waals surface area contributed by atoms with Gasteiger partial charge in [0.15, 0.2) is 0 Å². The Kier molecular flexibility index (Phi) is 2.53. The van der Waals surface area contributed by atoms with Crippen LogP contribution in [0.25, 0.3) is 10.9 Å². The molecule has 0 aliphatic carbocycles. The predicted octanol–water partition coefficient (Wildman–Crippen LogP) is 0.333. The first-order chi connectivity index (χ1) is 8.34. The van der Waals surface area contributed by atoms with Crippen LogP contribution in [0.2, 0.25) is 0 Å². The van der Waals surface area contributed by atoms with E-state index in [-0.39, 0.29) is 5.56 Å². The number of aromatic amines is 1. The molecule has 0 bridgehead atoms. The molecule has 0 saturated carbocycles. The van der Waals surface area contributed by atoms with E-state index in [0.717, 1.165) is 42.8 Å². The van der Waals surface area contributed by atoms with Crippen LogP contribution in [-0.4, -0.2) is 36.1 Å². The first-order valence-electron chi connectivity index (χ1n) is 5.77. The SMILES string of the molecule is O=c1cc(N2CCNCC2)c2ccncc2[nH]1.